The van der Waals surface area contributed by atoms with Crippen LogP contribution in [0, 0.1) is 11.6 Å². The number of ether oxygens (including phenoxy) is 1. The van der Waals surface area contributed by atoms with Crippen LogP contribution < -0.4 is 4.72 Å². The Morgan fingerprint density at radius 3 is 2.33 bits per heavy atom. The third-order valence-electron chi connectivity index (χ3n) is 1.86. The predicted molar refractivity (Wildman–Crippen MR) is 58.2 cm³/mol. The highest BCUT2D eigenvalue weighted by Gasteiger charge is 2.17. The summed E-state index contributed by atoms with van der Waals surface area (Å²) in [6, 6.07) is 1.84. The van der Waals surface area contributed by atoms with Crippen molar-refractivity contribution in [3.8, 4) is 0 Å². The molecule has 0 radical (unpaired) electrons. The lowest BCUT2D eigenvalue weighted by Crippen LogP contribution is -2.30. The molecule has 0 bridgehead atoms. The van der Waals surface area contributed by atoms with Gasteiger partial charge in [-0.3, -0.25) is 4.79 Å². The molecule has 0 saturated heterocycles. The van der Waals surface area contributed by atoms with E-state index in [1.807, 2.05) is 4.72 Å². The van der Waals surface area contributed by atoms with Gasteiger partial charge < -0.3 is 4.74 Å². The van der Waals surface area contributed by atoms with Crippen molar-refractivity contribution in [2.75, 3.05) is 13.2 Å². The van der Waals surface area contributed by atoms with Crippen molar-refractivity contribution in [2.24, 2.45) is 0 Å². The molecule has 0 saturated carbocycles. The standard InChI is InChI=1S/C10H11F2NO4S/c1-2-17-10(14)6-13-18(15,16)9-4-7(11)3-8(12)5-9/h3-5,13H,2,6H2,1H3. The Morgan fingerprint density at radius 1 is 1.28 bits per heavy atom. The van der Waals surface area contributed by atoms with Crippen molar-refractivity contribution in [2.45, 2.75) is 11.8 Å². The maximum Gasteiger partial charge on any atom is 0.321 e. The number of carbonyl (C=O) groups excluding carboxylic acids is 1. The number of halogens is 2. The zero-order valence-electron chi connectivity index (χ0n) is 9.44. The average molecular weight is 279 g/mol. The molecule has 5 nitrogen and oxygen atoms in total. The van der Waals surface area contributed by atoms with Gasteiger partial charge in [0.15, 0.2) is 0 Å². The first kappa shape index (κ1) is 14.5. The van der Waals surface area contributed by atoms with Gasteiger partial charge in [-0.1, -0.05) is 0 Å². The van der Waals surface area contributed by atoms with Gasteiger partial charge in [0, 0.05) is 6.07 Å². The van der Waals surface area contributed by atoms with E-state index >= 15 is 0 Å². The summed E-state index contributed by atoms with van der Waals surface area (Å²) in [4.78, 5) is 10.4. The number of sulfonamides is 1. The van der Waals surface area contributed by atoms with E-state index in [1.165, 1.54) is 0 Å². The van der Waals surface area contributed by atoms with Crippen LogP contribution in [0.3, 0.4) is 0 Å². The van der Waals surface area contributed by atoms with E-state index in [0.29, 0.717) is 18.2 Å². The molecule has 18 heavy (non-hydrogen) atoms. The van der Waals surface area contributed by atoms with E-state index in [2.05, 4.69) is 4.74 Å². The SMILES string of the molecule is CCOC(=O)CNS(=O)(=O)c1cc(F)cc(F)c1. The van der Waals surface area contributed by atoms with Crippen LogP contribution in [0.1, 0.15) is 6.92 Å². The van der Waals surface area contributed by atoms with Crippen LogP contribution in [0.4, 0.5) is 8.78 Å². The molecule has 0 aliphatic heterocycles. The third-order valence-corrected chi connectivity index (χ3v) is 3.24. The summed E-state index contributed by atoms with van der Waals surface area (Å²) < 4.78 is 55.3. The number of esters is 1. The molecule has 0 heterocycles. The fourth-order valence-corrected chi connectivity index (χ4v) is 2.14. The smallest absolute Gasteiger partial charge is 0.321 e. The minimum Gasteiger partial charge on any atom is -0.465 e. The highest BCUT2D eigenvalue weighted by atomic mass is 32.2. The number of hydrogen-bond acceptors (Lipinski definition) is 4. The van der Waals surface area contributed by atoms with E-state index in [4.69, 9.17) is 0 Å². The summed E-state index contributed by atoms with van der Waals surface area (Å²) >= 11 is 0. The maximum absolute atomic E-state index is 12.9. The molecule has 0 fully saturated rings. The summed E-state index contributed by atoms with van der Waals surface area (Å²) in [5, 5.41) is 0. The number of rotatable bonds is 5. The molecule has 0 spiro atoms. The van der Waals surface area contributed by atoms with Crippen LogP contribution in [-0.2, 0) is 19.6 Å². The molecule has 100 valence electrons. The molecule has 0 aliphatic rings. The van der Waals surface area contributed by atoms with Gasteiger partial charge in [0.1, 0.15) is 18.2 Å². The second-order valence-electron chi connectivity index (χ2n) is 3.23. The Hall–Kier alpha value is -1.54. The summed E-state index contributed by atoms with van der Waals surface area (Å²) in [6.07, 6.45) is 0. The van der Waals surface area contributed by atoms with Gasteiger partial charge in [0.05, 0.1) is 11.5 Å². The first-order valence-electron chi connectivity index (χ1n) is 4.96. The molecule has 0 atom stereocenters. The lowest BCUT2D eigenvalue weighted by molar-refractivity contribution is -0.141. The third kappa shape index (κ3) is 4.04. The highest BCUT2D eigenvalue weighted by molar-refractivity contribution is 7.89. The van der Waals surface area contributed by atoms with E-state index < -0.39 is 39.1 Å². The van der Waals surface area contributed by atoms with Crippen LogP contribution in [0.25, 0.3) is 0 Å². The van der Waals surface area contributed by atoms with Crippen molar-refractivity contribution >= 4 is 16.0 Å². The highest BCUT2D eigenvalue weighted by Crippen LogP contribution is 2.13. The Kier molecular flexibility index (Phi) is 4.74. The van der Waals surface area contributed by atoms with Gasteiger partial charge >= 0.3 is 5.97 Å². The van der Waals surface area contributed by atoms with Gasteiger partial charge in [0.25, 0.3) is 0 Å². The normalized spacial score (nSPS) is 11.3. The van der Waals surface area contributed by atoms with Gasteiger partial charge in [-0.05, 0) is 19.1 Å². The van der Waals surface area contributed by atoms with Crippen LogP contribution in [0.15, 0.2) is 23.1 Å². The molecule has 0 amide bonds. The van der Waals surface area contributed by atoms with Crippen molar-refractivity contribution in [3.05, 3.63) is 29.8 Å². The summed E-state index contributed by atoms with van der Waals surface area (Å²) in [5.74, 6) is -2.82. The van der Waals surface area contributed by atoms with E-state index in [-0.39, 0.29) is 6.61 Å². The Bertz CT molecular complexity index is 525. The minimum atomic E-state index is -4.15. The molecular weight excluding hydrogens is 268 g/mol. The average Bonchev–Trinajstić information content (AvgIpc) is 2.26. The largest absolute Gasteiger partial charge is 0.465 e. The number of carbonyl (C=O) groups is 1. The first-order chi connectivity index (χ1) is 8.35. The molecule has 0 unspecified atom stereocenters. The van der Waals surface area contributed by atoms with Crippen LogP contribution in [-0.4, -0.2) is 27.5 Å². The predicted octanol–water partition coefficient (Wildman–Crippen LogP) is 0.806. The van der Waals surface area contributed by atoms with Gasteiger partial charge in [-0.2, -0.15) is 4.72 Å². The summed E-state index contributed by atoms with van der Waals surface area (Å²) in [5.41, 5.74) is 0. The van der Waals surface area contributed by atoms with Crippen molar-refractivity contribution in [1.82, 2.24) is 4.72 Å². The number of nitrogens with one attached hydrogen (secondary N) is 1. The zero-order valence-corrected chi connectivity index (χ0v) is 10.3. The number of benzene rings is 1. The topological polar surface area (TPSA) is 72.5 Å². The van der Waals surface area contributed by atoms with Gasteiger partial charge in [0.2, 0.25) is 10.0 Å². The van der Waals surface area contributed by atoms with E-state index in [9.17, 15) is 22.0 Å². The fourth-order valence-electron chi connectivity index (χ4n) is 1.13. The molecule has 0 aliphatic carbocycles. The lowest BCUT2D eigenvalue weighted by Gasteiger charge is -2.06. The first-order valence-corrected chi connectivity index (χ1v) is 6.45. The summed E-state index contributed by atoms with van der Waals surface area (Å²) in [6.45, 7) is 1.07. The van der Waals surface area contributed by atoms with Crippen molar-refractivity contribution in [3.63, 3.8) is 0 Å². The Labute approximate surface area is 103 Å². The van der Waals surface area contributed by atoms with E-state index in [0.717, 1.165) is 0 Å². The maximum atomic E-state index is 12.9. The van der Waals surface area contributed by atoms with Gasteiger partial charge in [-0.15, -0.1) is 0 Å². The summed E-state index contributed by atoms with van der Waals surface area (Å²) in [7, 11) is -4.15. The van der Waals surface area contributed by atoms with Crippen molar-refractivity contribution in [1.29, 1.82) is 0 Å². The second-order valence-corrected chi connectivity index (χ2v) is 5.00. The fraction of sp³-hybridized carbons (Fsp3) is 0.300. The molecular formula is C10H11F2NO4S. The van der Waals surface area contributed by atoms with Gasteiger partial charge in [-0.25, -0.2) is 17.2 Å². The lowest BCUT2D eigenvalue weighted by atomic mass is 10.3. The zero-order chi connectivity index (χ0) is 13.8. The van der Waals surface area contributed by atoms with E-state index in [1.54, 1.807) is 6.92 Å². The molecule has 1 aromatic rings. The second kappa shape index (κ2) is 5.87. The number of hydrogen-bond donors (Lipinski definition) is 1. The van der Waals surface area contributed by atoms with Crippen LogP contribution in [0.5, 0.6) is 0 Å². The monoisotopic (exact) mass is 279 g/mol. The molecule has 8 heteroatoms. The molecule has 1 N–H and O–H groups in total. The molecule has 1 rings (SSSR count). The minimum absolute atomic E-state index is 0.106. The quantitative estimate of drug-likeness (QED) is 0.809. The van der Waals surface area contributed by atoms with Crippen LogP contribution in [0.2, 0.25) is 0 Å². The van der Waals surface area contributed by atoms with Crippen molar-refractivity contribution < 1.29 is 26.7 Å². The Morgan fingerprint density at radius 2 is 1.83 bits per heavy atom. The Balaban J connectivity index is 2.83. The molecule has 0 aromatic heterocycles. The molecule has 1 aromatic carbocycles. The van der Waals surface area contributed by atoms with Crippen LogP contribution >= 0.6 is 0 Å².